The second kappa shape index (κ2) is 11.7. The molecule has 3 atom stereocenters. The third-order valence-electron chi connectivity index (χ3n) is 7.00. The molecule has 13 heteroatoms. The van der Waals surface area contributed by atoms with Crippen molar-refractivity contribution in [1.82, 2.24) is 0 Å². The Morgan fingerprint density at radius 3 is 2.43 bits per heavy atom. The van der Waals surface area contributed by atoms with E-state index in [-0.39, 0.29) is 45.7 Å². The van der Waals surface area contributed by atoms with Crippen LogP contribution in [0.2, 0.25) is 0 Å². The number of hydrogen-bond acceptors (Lipinski definition) is 11. The summed E-state index contributed by atoms with van der Waals surface area (Å²) in [5.74, 6) is -3.79. The molecule has 42 heavy (non-hydrogen) atoms. The zero-order chi connectivity index (χ0) is 30.3. The summed E-state index contributed by atoms with van der Waals surface area (Å²) in [6.07, 6.45) is -1.25. The van der Waals surface area contributed by atoms with E-state index in [0.29, 0.717) is 15.7 Å². The van der Waals surface area contributed by atoms with Crippen molar-refractivity contribution in [3.63, 3.8) is 0 Å². The van der Waals surface area contributed by atoms with Gasteiger partial charge < -0.3 is 19.3 Å². The average molecular weight is 660 g/mol. The highest BCUT2D eigenvalue weighted by Crippen LogP contribution is 2.51. The molecule has 0 radical (unpaired) electrons. The van der Waals surface area contributed by atoms with Crippen LogP contribution in [0.5, 0.6) is 11.5 Å². The van der Waals surface area contributed by atoms with E-state index in [2.05, 4.69) is 15.9 Å². The molecule has 11 nitrogen and oxygen atoms in total. The number of para-hydroxylation sites is 1. The Hall–Kier alpha value is -3.94. The van der Waals surface area contributed by atoms with E-state index in [1.54, 1.807) is 50.2 Å². The van der Waals surface area contributed by atoms with Gasteiger partial charge in [0.2, 0.25) is 5.91 Å². The molecule has 2 saturated heterocycles. The number of anilines is 2. The molecule has 3 aromatic rings. The zero-order valence-corrected chi connectivity index (χ0v) is 25.5. The summed E-state index contributed by atoms with van der Waals surface area (Å²) in [5, 5.41) is 12.0. The summed E-state index contributed by atoms with van der Waals surface area (Å²) < 4.78 is 16.0. The summed E-state index contributed by atoms with van der Waals surface area (Å²) in [6.45, 7) is 5.33. The number of fused-ring (bicyclic) bond motifs is 1. The van der Waals surface area contributed by atoms with E-state index in [9.17, 15) is 24.3 Å². The maximum absolute atomic E-state index is 14.2. The maximum atomic E-state index is 14.2. The smallest absolute Gasteiger partial charge is 0.348 e. The summed E-state index contributed by atoms with van der Waals surface area (Å²) in [7, 11) is 1.17. The van der Waals surface area contributed by atoms with Crippen LogP contribution in [0.25, 0.3) is 0 Å². The van der Waals surface area contributed by atoms with Crippen molar-refractivity contribution < 1.29 is 43.3 Å². The predicted octanol–water partition coefficient (Wildman–Crippen LogP) is 4.94. The van der Waals surface area contributed by atoms with Crippen molar-refractivity contribution in [2.75, 3.05) is 30.3 Å². The predicted molar refractivity (Wildman–Crippen MR) is 156 cm³/mol. The van der Waals surface area contributed by atoms with Gasteiger partial charge >= 0.3 is 11.9 Å². The van der Waals surface area contributed by atoms with E-state index in [1.807, 2.05) is 6.07 Å². The zero-order valence-electron chi connectivity index (χ0n) is 23.1. The Morgan fingerprint density at radius 2 is 1.79 bits per heavy atom. The number of halogens is 1. The Balaban J connectivity index is 1.65. The van der Waals surface area contributed by atoms with Crippen LogP contribution in [0.1, 0.15) is 51.0 Å². The van der Waals surface area contributed by atoms with Crippen molar-refractivity contribution in [3.8, 4) is 11.5 Å². The molecule has 0 aliphatic carbocycles. The fraction of sp³-hybridized carbons (Fsp3) is 0.310. The van der Waals surface area contributed by atoms with Gasteiger partial charge in [0.25, 0.3) is 5.91 Å². The fourth-order valence-corrected chi connectivity index (χ4v) is 6.83. The van der Waals surface area contributed by atoms with E-state index in [1.165, 1.54) is 19.1 Å². The van der Waals surface area contributed by atoms with Gasteiger partial charge in [-0.25, -0.2) is 19.6 Å². The van der Waals surface area contributed by atoms with Crippen molar-refractivity contribution >= 4 is 61.7 Å². The number of aromatic hydroxyl groups is 1. The van der Waals surface area contributed by atoms with Gasteiger partial charge in [-0.2, -0.15) is 0 Å². The third-order valence-corrected chi connectivity index (χ3v) is 8.86. The summed E-state index contributed by atoms with van der Waals surface area (Å²) >= 11 is 4.17. The number of benzene rings is 2. The van der Waals surface area contributed by atoms with Crippen LogP contribution < -0.4 is 14.7 Å². The molecule has 2 aliphatic rings. The number of carbonyl (C=O) groups excluding carboxylic acids is 4. The molecule has 0 saturated carbocycles. The van der Waals surface area contributed by atoms with Crippen LogP contribution >= 0.6 is 27.3 Å². The highest BCUT2D eigenvalue weighted by Gasteiger charge is 2.61. The minimum absolute atomic E-state index is 0.0395. The van der Waals surface area contributed by atoms with Gasteiger partial charge in [-0.3, -0.25) is 14.4 Å². The number of ether oxygens (including phenoxy) is 3. The number of thiophene rings is 1. The summed E-state index contributed by atoms with van der Waals surface area (Å²) in [6, 6.07) is 11.4. The van der Waals surface area contributed by atoms with Crippen molar-refractivity contribution in [1.29, 1.82) is 0 Å². The first-order valence-electron chi connectivity index (χ1n) is 13.1. The molecule has 2 aliphatic heterocycles. The van der Waals surface area contributed by atoms with Gasteiger partial charge in [0.05, 0.1) is 42.1 Å². The minimum Gasteiger partial charge on any atom is -0.503 e. The lowest BCUT2D eigenvalue weighted by molar-refractivity contribution is -0.126. The van der Waals surface area contributed by atoms with Crippen LogP contribution in [-0.2, 0) is 23.9 Å². The summed E-state index contributed by atoms with van der Waals surface area (Å²) in [4.78, 5) is 60.9. The number of rotatable bonds is 8. The van der Waals surface area contributed by atoms with Crippen LogP contribution in [0.15, 0.2) is 46.9 Å². The number of phenolic OH excluding ortho intramolecular Hbond substituents is 1. The standard InChI is InChI=1S/C29H27BrN2O9S/c1-5-39-18-13-15(12-17(30)22(18)33)21-20-23(41-32(21)16-10-8-7-9-11-16)26(35)31(25(20)34)27-19(28(36)38-4)14(3)24(42-27)29(37)40-6-2/h7-13,20-21,23,33H,5-6H2,1-4H3/t20-,21-,23-/m1/s1. The van der Waals surface area contributed by atoms with E-state index in [4.69, 9.17) is 19.0 Å². The fourth-order valence-electron chi connectivity index (χ4n) is 5.17. The Labute approximate surface area is 253 Å². The largest absolute Gasteiger partial charge is 0.503 e. The monoisotopic (exact) mass is 658 g/mol. The van der Waals surface area contributed by atoms with Crippen LogP contribution in [0.3, 0.4) is 0 Å². The van der Waals surface area contributed by atoms with Gasteiger partial charge in [0.1, 0.15) is 15.8 Å². The number of phenols is 1. The first kappa shape index (κ1) is 29.5. The number of amides is 2. The molecule has 5 rings (SSSR count). The highest BCUT2D eigenvalue weighted by atomic mass is 79.9. The number of imide groups is 1. The number of hydrogen-bond donors (Lipinski definition) is 1. The van der Waals surface area contributed by atoms with Crippen molar-refractivity contribution in [3.05, 3.63) is 68.5 Å². The minimum atomic E-state index is -1.25. The maximum Gasteiger partial charge on any atom is 0.348 e. The second-order valence-corrected chi connectivity index (χ2v) is 11.3. The molecule has 0 bridgehead atoms. The average Bonchev–Trinajstić information content (AvgIpc) is 3.61. The SMILES string of the molecule is CCOC(=O)c1sc(N2C(=O)[C@@H]3[C@@H](c4cc(Br)c(O)c(OCC)c4)N(c4ccccc4)O[C@H]3C2=O)c(C(=O)OC)c1C. The molecule has 0 spiro atoms. The van der Waals surface area contributed by atoms with Gasteiger partial charge in [-0.05, 0) is 72.1 Å². The van der Waals surface area contributed by atoms with E-state index < -0.39 is 41.8 Å². The highest BCUT2D eigenvalue weighted by molar-refractivity contribution is 9.10. The van der Waals surface area contributed by atoms with E-state index in [0.717, 1.165) is 16.2 Å². The van der Waals surface area contributed by atoms with Crippen molar-refractivity contribution in [2.24, 2.45) is 5.92 Å². The summed E-state index contributed by atoms with van der Waals surface area (Å²) in [5.41, 5.74) is 1.29. The lowest BCUT2D eigenvalue weighted by atomic mass is 9.90. The second-order valence-electron chi connectivity index (χ2n) is 9.40. The molecule has 2 fully saturated rings. The quantitative estimate of drug-likeness (QED) is 0.262. The van der Waals surface area contributed by atoms with Crippen LogP contribution in [0, 0.1) is 12.8 Å². The lowest BCUT2D eigenvalue weighted by Crippen LogP contribution is -2.37. The van der Waals surface area contributed by atoms with Crippen LogP contribution in [0.4, 0.5) is 10.7 Å². The first-order valence-corrected chi connectivity index (χ1v) is 14.7. The van der Waals surface area contributed by atoms with Gasteiger partial charge in [0, 0.05) is 0 Å². The molecule has 220 valence electrons. The molecule has 2 aromatic carbocycles. The number of carbonyl (C=O) groups is 4. The Kier molecular flexibility index (Phi) is 8.26. The first-order chi connectivity index (χ1) is 20.1. The number of nitrogens with zero attached hydrogens (tertiary/aromatic N) is 2. The number of methoxy groups -OCH3 is 1. The topological polar surface area (TPSA) is 132 Å². The lowest BCUT2D eigenvalue weighted by Gasteiger charge is -2.29. The third kappa shape index (κ3) is 4.80. The number of esters is 2. The molecule has 0 unspecified atom stereocenters. The normalized spacial score (nSPS) is 19.7. The van der Waals surface area contributed by atoms with Crippen LogP contribution in [-0.4, -0.2) is 55.3 Å². The molecular formula is C29H27BrN2O9S. The molecule has 2 amide bonds. The number of hydroxylamine groups is 1. The van der Waals surface area contributed by atoms with Crippen molar-refractivity contribution in [2.45, 2.75) is 32.9 Å². The van der Waals surface area contributed by atoms with Gasteiger partial charge in [0.15, 0.2) is 17.6 Å². The van der Waals surface area contributed by atoms with E-state index >= 15 is 0 Å². The molecular weight excluding hydrogens is 632 g/mol. The van der Waals surface area contributed by atoms with Gasteiger partial charge in [-0.15, -0.1) is 11.3 Å². The molecule has 1 aromatic heterocycles. The van der Waals surface area contributed by atoms with Gasteiger partial charge in [-0.1, -0.05) is 18.2 Å². The molecule has 1 N–H and O–H groups in total. The Morgan fingerprint density at radius 1 is 1.07 bits per heavy atom. The Bertz CT molecular complexity index is 1570. The molecule has 3 heterocycles.